The topological polar surface area (TPSA) is 192 Å². The highest BCUT2D eigenvalue weighted by atomic mass is 32.2. The second kappa shape index (κ2) is 15.2. The molecule has 38 heavy (non-hydrogen) atoms. The van der Waals surface area contributed by atoms with Crippen molar-refractivity contribution in [3.05, 3.63) is 29.8 Å². The van der Waals surface area contributed by atoms with Crippen molar-refractivity contribution in [3.63, 3.8) is 0 Å². The number of nitrogens with one attached hydrogen (secondary N) is 5. The highest BCUT2D eigenvalue weighted by Gasteiger charge is 2.24. The first-order chi connectivity index (χ1) is 18.0. The van der Waals surface area contributed by atoms with Crippen molar-refractivity contribution in [1.29, 1.82) is 0 Å². The van der Waals surface area contributed by atoms with Crippen LogP contribution in [0.5, 0.6) is 5.75 Å². The molecule has 0 aliphatic carbocycles. The first-order valence-corrected chi connectivity index (χ1v) is 14.2. The number of amides is 3. The van der Waals surface area contributed by atoms with Crippen LogP contribution in [0.3, 0.4) is 0 Å². The predicted molar refractivity (Wildman–Crippen MR) is 139 cm³/mol. The van der Waals surface area contributed by atoms with Crippen molar-refractivity contribution in [1.82, 2.24) is 26.0 Å². The maximum absolute atomic E-state index is 12.9. The van der Waals surface area contributed by atoms with Crippen LogP contribution in [-0.4, -0.2) is 88.8 Å². The number of hydrogen-bond donors (Lipinski definition) is 6. The van der Waals surface area contributed by atoms with Gasteiger partial charge >= 0.3 is 5.97 Å². The lowest BCUT2D eigenvalue weighted by molar-refractivity contribution is -0.139. The Hall–Kier alpha value is -3.23. The van der Waals surface area contributed by atoms with Crippen LogP contribution in [0.15, 0.2) is 24.3 Å². The number of methoxy groups -OCH3 is 1. The first kappa shape index (κ1) is 31.0. The van der Waals surface area contributed by atoms with Gasteiger partial charge in [-0.3, -0.25) is 19.2 Å². The first-order valence-electron chi connectivity index (χ1n) is 12.3. The smallest absolute Gasteiger partial charge is 0.323 e. The van der Waals surface area contributed by atoms with Gasteiger partial charge in [-0.15, -0.1) is 0 Å². The molecule has 1 aromatic carbocycles. The van der Waals surface area contributed by atoms with Gasteiger partial charge in [0.2, 0.25) is 27.7 Å². The van der Waals surface area contributed by atoms with Gasteiger partial charge in [0.25, 0.3) is 0 Å². The number of rotatable bonds is 15. The minimum atomic E-state index is -3.81. The fourth-order valence-electron chi connectivity index (χ4n) is 3.99. The van der Waals surface area contributed by atoms with Crippen LogP contribution in [-0.2, 0) is 35.6 Å². The monoisotopic (exact) mass is 555 g/mol. The Morgan fingerprint density at radius 3 is 2.29 bits per heavy atom. The Balaban J connectivity index is 1.95. The molecule has 0 bridgehead atoms. The van der Waals surface area contributed by atoms with Gasteiger partial charge in [0.1, 0.15) is 17.8 Å². The Morgan fingerprint density at radius 1 is 1.05 bits per heavy atom. The number of hydrogen-bond acceptors (Lipinski definition) is 8. The fourth-order valence-corrected chi connectivity index (χ4v) is 4.69. The highest BCUT2D eigenvalue weighted by molar-refractivity contribution is 7.88. The van der Waals surface area contributed by atoms with Crippen LogP contribution in [0.2, 0.25) is 0 Å². The van der Waals surface area contributed by atoms with Crippen molar-refractivity contribution in [2.75, 3.05) is 39.5 Å². The third-order valence-electron chi connectivity index (χ3n) is 6.07. The molecule has 6 N–H and O–H groups in total. The molecular weight excluding hydrogens is 518 g/mol. The number of piperidine rings is 1. The van der Waals surface area contributed by atoms with Gasteiger partial charge < -0.3 is 31.1 Å². The number of carbonyl (C=O) groups excluding carboxylic acids is 3. The summed E-state index contributed by atoms with van der Waals surface area (Å²) in [7, 11) is -2.28. The van der Waals surface area contributed by atoms with E-state index >= 15 is 0 Å². The molecule has 212 valence electrons. The molecule has 3 amide bonds. The molecule has 0 spiro atoms. The molecular formula is C24H37N5O8S. The van der Waals surface area contributed by atoms with Crippen molar-refractivity contribution in [3.8, 4) is 5.75 Å². The third kappa shape index (κ3) is 11.9. The highest BCUT2D eigenvalue weighted by Crippen LogP contribution is 2.18. The number of carboxylic acid groups (broad SMARTS) is 1. The quantitative estimate of drug-likeness (QED) is 0.153. The van der Waals surface area contributed by atoms with Gasteiger partial charge in [0.15, 0.2) is 0 Å². The lowest BCUT2D eigenvalue weighted by Crippen LogP contribution is -2.52. The molecule has 1 fully saturated rings. The van der Waals surface area contributed by atoms with E-state index in [9.17, 15) is 27.6 Å². The SMILES string of the molecule is COc1ccc(C[C@H](NC(=O)CCC2CCNCC2)C(=O)NCC(=O)NC[C@H](NS(C)(=O)=O)C(=O)O)cc1. The standard InChI is InChI=1S/C24H37N5O8S/c1-37-18-6-3-17(4-7-18)13-19(28-21(30)8-5-16-9-11-25-12-10-16)23(32)27-15-22(31)26-14-20(24(33)34)29-38(2,35)36/h3-4,6-7,16,19-20,25,29H,5,8-15H2,1-2H3,(H,26,31)(H,27,32)(H,28,30)(H,33,34)/t19-,20-/m0/s1. The molecule has 2 rings (SSSR count). The van der Waals surface area contributed by atoms with Gasteiger partial charge in [-0.2, -0.15) is 4.72 Å². The average molecular weight is 556 g/mol. The second-order valence-corrected chi connectivity index (χ2v) is 11.0. The van der Waals surface area contributed by atoms with E-state index in [1.165, 1.54) is 7.11 Å². The Labute approximate surface area is 222 Å². The summed E-state index contributed by atoms with van der Waals surface area (Å²) in [4.78, 5) is 49.0. The number of aliphatic carboxylic acids is 1. The Bertz CT molecular complexity index is 1060. The Kier molecular flexibility index (Phi) is 12.4. The maximum Gasteiger partial charge on any atom is 0.323 e. The van der Waals surface area contributed by atoms with E-state index < -0.39 is 53.0 Å². The third-order valence-corrected chi connectivity index (χ3v) is 6.78. The van der Waals surface area contributed by atoms with Crippen LogP contribution in [0.25, 0.3) is 0 Å². The molecule has 14 heteroatoms. The molecule has 1 aromatic rings. The van der Waals surface area contributed by atoms with Gasteiger partial charge in [-0.25, -0.2) is 8.42 Å². The zero-order chi connectivity index (χ0) is 28.1. The summed E-state index contributed by atoms with van der Waals surface area (Å²) in [6.45, 7) is 0.844. The van der Waals surface area contributed by atoms with E-state index in [2.05, 4.69) is 21.3 Å². The summed E-state index contributed by atoms with van der Waals surface area (Å²) in [5, 5.41) is 19.9. The van der Waals surface area contributed by atoms with Crippen LogP contribution >= 0.6 is 0 Å². The lowest BCUT2D eigenvalue weighted by atomic mass is 9.93. The van der Waals surface area contributed by atoms with E-state index in [1.807, 2.05) is 4.72 Å². The summed E-state index contributed by atoms with van der Waals surface area (Å²) in [6, 6.07) is 4.50. The van der Waals surface area contributed by atoms with Crippen molar-refractivity contribution in [2.24, 2.45) is 5.92 Å². The van der Waals surface area contributed by atoms with Gasteiger partial charge in [0.05, 0.1) is 19.9 Å². The second-order valence-electron chi connectivity index (χ2n) is 9.21. The molecule has 1 saturated heterocycles. The van der Waals surface area contributed by atoms with Crippen molar-refractivity contribution >= 4 is 33.7 Å². The Morgan fingerprint density at radius 2 is 1.71 bits per heavy atom. The number of ether oxygens (including phenoxy) is 1. The molecule has 1 aliphatic heterocycles. The molecule has 0 radical (unpaired) electrons. The number of sulfonamides is 1. The number of carboxylic acids is 1. The zero-order valence-electron chi connectivity index (χ0n) is 21.6. The van der Waals surface area contributed by atoms with E-state index in [1.54, 1.807) is 24.3 Å². The van der Waals surface area contributed by atoms with Crippen LogP contribution in [0.4, 0.5) is 0 Å². The normalized spacial score (nSPS) is 15.6. The summed E-state index contributed by atoms with van der Waals surface area (Å²) in [5.74, 6) is -1.95. The number of benzene rings is 1. The summed E-state index contributed by atoms with van der Waals surface area (Å²) < 4.78 is 29.7. The molecule has 2 atom stereocenters. The molecule has 0 saturated carbocycles. The zero-order valence-corrected chi connectivity index (χ0v) is 22.4. The van der Waals surface area contributed by atoms with E-state index in [-0.39, 0.29) is 18.7 Å². The largest absolute Gasteiger partial charge is 0.497 e. The number of carbonyl (C=O) groups is 4. The minimum Gasteiger partial charge on any atom is -0.497 e. The lowest BCUT2D eigenvalue weighted by Gasteiger charge is -2.23. The van der Waals surface area contributed by atoms with Crippen LogP contribution < -0.4 is 30.7 Å². The fraction of sp³-hybridized carbons (Fsp3) is 0.583. The van der Waals surface area contributed by atoms with Gasteiger partial charge in [0, 0.05) is 19.4 Å². The van der Waals surface area contributed by atoms with Crippen molar-refractivity contribution in [2.45, 2.75) is 44.2 Å². The average Bonchev–Trinajstić information content (AvgIpc) is 2.88. The summed E-state index contributed by atoms with van der Waals surface area (Å²) in [6.07, 6.45) is 3.98. The molecule has 0 aromatic heterocycles. The molecule has 1 aliphatic rings. The molecule has 1 heterocycles. The molecule has 13 nitrogen and oxygen atoms in total. The van der Waals surface area contributed by atoms with Crippen LogP contribution in [0, 0.1) is 5.92 Å². The van der Waals surface area contributed by atoms with E-state index in [4.69, 9.17) is 9.84 Å². The van der Waals surface area contributed by atoms with E-state index in [0.29, 0.717) is 11.7 Å². The maximum atomic E-state index is 12.9. The minimum absolute atomic E-state index is 0.176. The van der Waals surface area contributed by atoms with Gasteiger partial charge in [-0.05, 0) is 56.0 Å². The van der Waals surface area contributed by atoms with Crippen molar-refractivity contribution < 1.29 is 37.4 Å². The molecule has 0 unspecified atom stereocenters. The van der Waals surface area contributed by atoms with E-state index in [0.717, 1.165) is 44.2 Å². The van der Waals surface area contributed by atoms with Crippen LogP contribution in [0.1, 0.15) is 31.2 Å². The predicted octanol–water partition coefficient (Wildman–Crippen LogP) is -1.26. The summed E-state index contributed by atoms with van der Waals surface area (Å²) >= 11 is 0. The summed E-state index contributed by atoms with van der Waals surface area (Å²) in [5.41, 5.74) is 0.769. The van der Waals surface area contributed by atoms with Gasteiger partial charge in [-0.1, -0.05) is 12.1 Å².